The molecule has 1 spiro atoms. The maximum absolute atomic E-state index is 12.6. The van der Waals surface area contributed by atoms with Crippen LogP contribution in [0.4, 0.5) is 0 Å². The van der Waals surface area contributed by atoms with E-state index in [1.165, 1.54) is 5.56 Å². The van der Waals surface area contributed by atoms with Gasteiger partial charge in [0.25, 0.3) is 0 Å². The number of thiophene rings is 1. The van der Waals surface area contributed by atoms with Gasteiger partial charge in [-0.2, -0.15) is 11.3 Å². The molecule has 2 aliphatic rings. The Morgan fingerprint density at radius 1 is 1.33 bits per heavy atom. The van der Waals surface area contributed by atoms with E-state index in [1.54, 1.807) is 18.3 Å². The first kappa shape index (κ1) is 14.6. The topological polar surface area (TPSA) is 49.4 Å². The standard InChI is InChI=1S/C16H22N2O2S/c1-12-14(19)18(9-5-13-6-10-21-11-13)16(15(20)17-12)7-3-2-4-8-16/h6,10-12H,2-5,7-9H2,1H3,(H,17,20). The maximum Gasteiger partial charge on any atom is 0.246 e. The largest absolute Gasteiger partial charge is 0.343 e. The summed E-state index contributed by atoms with van der Waals surface area (Å²) >= 11 is 1.67. The number of nitrogens with one attached hydrogen (secondary N) is 1. The van der Waals surface area contributed by atoms with Gasteiger partial charge in [0.05, 0.1) is 0 Å². The van der Waals surface area contributed by atoms with Crippen molar-refractivity contribution in [3.63, 3.8) is 0 Å². The first-order chi connectivity index (χ1) is 10.1. The fourth-order valence-electron chi connectivity index (χ4n) is 3.59. The highest BCUT2D eigenvalue weighted by Gasteiger charge is 2.51. The molecule has 0 radical (unpaired) electrons. The molecule has 1 aliphatic carbocycles. The van der Waals surface area contributed by atoms with E-state index in [0.717, 1.165) is 38.5 Å². The van der Waals surface area contributed by atoms with Gasteiger partial charge >= 0.3 is 0 Å². The van der Waals surface area contributed by atoms with Gasteiger partial charge in [-0.3, -0.25) is 9.59 Å². The van der Waals surface area contributed by atoms with Crippen molar-refractivity contribution in [3.05, 3.63) is 22.4 Å². The Balaban J connectivity index is 1.83. The maximum atomic E-state index is 12.6. The lowest BCUT2D eigenvalue weighted by atomic mass is 9.77. The Labute approximate surface area is 129 Å². The summed E-state index contributed by atoms with van der Waals surface area (Å²) in [6, 6.07) is 1.70. The summed E-state index contributed by atoms with van der Waals surface area (Å²) in [5, 5.41) is 7.06. The van der Waals surface area contributed by atoms with Crippen molar-refractivity contribution in [1.82, 2.24) is 10.2 Å². The highest BCUT2D eigenvalue weighted by molar-refractivity contribution is 7.07. The molecule has 114 valence electrons. The lowest BCUT2D eigenvalue weighted by Crippen LogP contribution is -2.70. The molecule has 1 N–H and O–H groups in total. The van der Waals surface area contributed by atoms with Crippen LogP contribution in [-0.4, -0.2) is 34.8 Å². The third-order valence-corrected chi connectivity index (χ3v) is 5.54. The molecule has 21 heavy (non-hydrogen) atoms. The summed E-state index contributed by atoms with van der Waals surface area (Å²) in [4.78, 5) is 27.1. The molecule has 1 unspecified atom stereocenters. The zero-order valence-corrected chi connectivity index (χ0v) is 13.2. The molecule has 1 saturated carbocycles. The molecule has 4 nitrogen and oxygen atoms in total. The number of hydrogen-bond acceptors (Lipinski definition) is 3. The van der Waals surface area contributed by atoms with Gasteiger partial charge in [0.15, 0.2) is 0 Å². The number of piperazine rings is 1. The summed E-state index contributed by atoms with van der Waals surface area (Å²) < 4.78 is 0. The van der Waals surface area contributed by atoms with Gasteiger partial charge in [0, 0.05) is 6.54 Å². The minimum Gasteiger partial charge on any atom is -0.343 e. The second-order valence-electron chi connectivity index (χ2n) is 6.16. The van der Waals surface area contributed by atoms with Gasteiger partial charge in [-0.15, -0.1) is 0 Å². The van der Waals surface area contributed by atoms with E-state index in [2.05, 4.69) is 22.1 Å². The molecule has 2 amide bonds. The van der Waals surface area contributed by atoms with Crippen LogP contribution in [0.15, 0.2) is 16.8 Å². The number of hydrogen-bond donors (Lipinski definition) is 1. The van der Waals surface area contributed by atoms with Crippen molar-refractivity contribution in [2.75, 3.05) is 6.54 Å². The molecule has 1 aliphatic heterocycles. The Kier molecular flexibility index (Phi) is 4.02. The fraction of sp³-hybridized carbons (Fsp3) is 0.625. The molecular weight excluding hydrogens is 284 g/mol. The molecule has 1 saturated heterocycles. The molecule has 3 rings (SSSR count). The molecule has 0 bridgehead atoms. The van der Waals surface area contributed by atoms with E-state index >= 15 is 0 Å². The molecular formula is C16H22N2O2S. The second-order valence-corrected chi connectivity index (χ2v) is 6.94. The predicted octanol–water partition coefficient (Wildman–Crippen LogP) is 2.34. The summed E-state index contributed by atoms with van der Waals surface area (Å²) in [5.74, 6) is 0.131. The van der Waals surface area contributed by atoms with E-state index in [4.69, 9.17) is 0 Å². The number of amides is 2. The Hall–Kier alpha value is -1.36. The van der Waals surface area contributed by atoms with Crippen LogP contribution in [0, 0.1) is 0 Å². The third kappa shape index (κ3) is 2.59. The van der Waals surface area contributed by atoms with Crippen molar-refractivity contribution >= 4 is 23.2 Å². The van der Waals surface area contributed by atoms with Crippen molar-refractivity contribution in [2.45, 2.75) is 57.0 Å². The smallest absolute Gasteiger partial charge is 0.246 e. The average molecular weight is 306 g/mol. The van der Waals surface area contributed by atoms with E-state index in [9.17, 15) is 9.59 Å². The van der Waals surface area contributed by atoms with Gasteiger partial charge < -0.3 is 10.2 Å². The second kappa shape index (κ2) is 5.79. The minimum atomic E-state index is -0.585. The Morgan fingerprint density at radius 3 is 2.76 bits per heavy atom. The summed E-state index contributed by atoms with van der Waals surface area (Å²) in [6.07, 6.45) is 5.67. The van der Waals surface area contributed by atoms with Crippen molar-refractivity contribution in [2.24, 2.45) is 0 Å². The number of nitrogens with zero attached hydrogens (tertiary/aromatic N) is 1. The average Bonchev–Trinajstić information content (AvgIpc) is 3.00. The van der Waals surface area contributed by atoms with Crippen molar-refractivity contribution in [1.29, 1.82) is 0 Å². The Morgan fingerprint density at radius 2 is 2.10 bits per heavy atom. The predicted molar refractivity (Wildman–Crippen MR) is 83.2 cm³/mol. The van der Waals surface area contributed by atoms with E-state index < -0.39 is 11.6 Å². The molecule has 2 fully saturated rings. The number of carbonyl (C=O) groups excluding carboxylic acids is 2. The van der Waals surface area contributed by atoms with Gasteiger partial charge in [-0.05, 0) is 48.6 Å². The van der Waals surface area contributed by atoms with Gasteiger partial charge in [0.2, 0.25) is 11.8 Å². The highest BCUT2D eigenvalue weighted by atomic mass is 32.1. The summed E-state index contributed by atoms with van der Waals surface area (Å²) in [7, 11) is 0. The fourth-order valence-corrected chi connectivity index (χ4v) is 4.30. The summed E-state index contributed by atoms with van der Waals surface area (Å²) in [5.41, 5.74) is 0.662. The van der Waals surface area contributed by atoms with Gasteiger partial charge in [-0.1, -0.05) is 19.3 Å². The van der Waals surface area contributed by atoms with Gasteiger partial charge in [-0.25, -0.2) is 0 Å². The van der Waals surface area contributed by atoms with E-state index in [1.807, 2.05) is 4.90 Å². The van der Waals surface area contributed by atoms with Crippen molar-refractivity contribution in [3.8, 4) is 0 Å². The zero-order chi connectivity index (χ0) is 14.9. The van der Waals surface area contributed by atoms with E-state index in [-0.39, 0.29) is 11.8 Å². The lowest BCUT2D eigenvalue weighted by molar-refractivity contribution is -0.159. The van der Waals surface area contributed by atoms with Crippen LogP contribution in [0.25, 0.3) is 0 Å². The summed E-state index contributed by atoms with van der Waals surface area (Å²) in [6.45, 7) is 2.43. The number of rotatable bonds is 3. The van der Waals surface area contributed by atoms with Crippen LogP contribution in [0.2, 0.25) is 0 Å². The molecule has 1 aromatic heterocycles. The quantitative estimate of drug-likeness (QED) is 0.932. The molecule has 0 aromatic carbocycles. The normalized spacial score (nSPS) is 25.2. The molecule has 2 heterocycles. The molecule has 1 aromatic rings. The minimum absolute atomic E-state index is 0.0552. The van der Waals surface area contributed by atoms with Crippen LogP contribution < -0.4 is 5.32 Å². The van der Waals surface area contributed by atoms with Crippen LogP contribution >= 0.6 is 11.3 Å². The Bertz CT molecular complexity index is 520. The van der Waals surface area contributed by atoms with Crippen LogP contribution in [0.5, 0.6) is 0 Å². The molecule has 1 atom stereocenters. The number of carbonyl (C=O) groups is 2. The van der Waals surface area contributed by atoms with Crippen LogP contribution in [0.1, 0.15) is 44.6 Å². The van der Waals surface area contributed by atoms with E-state index in [0.29, 0.717) is 6.54 Å². The molecule has 5 heteroatoms. The van der Waals surface area contributed by atoms with Crippen LogP contribution in [-0.2, 0) is 16.0 Å². The zero-order valence-electron chi connectivity index (χ0n) is 12.4. The van der Waals surface area contributed by atoms with Crippen LogP contribution in [0.3, 0.4) is 0 Å². The highest BCUT2D eigenvalue weighted by Crippen LogP contribution is 2.36. The third-order valence-electron chi connectivity index (χ3n) is 4.81. The van der Waals surface area contributed by atoms with Crippen molar-refractivity contribution < 1.29 is 9.59 Å². The first-order valence-electron chi connectivity index (χ1n) is 7.77. The SMILES string of the molecule is CC1NC(=O)C2(CCCCC2)N(CCc2ccsc2)C1=O. The monoisotopic (exact) mass is 306 g/mol. The first-order valence-corrected chi connectivity index (χ1v) is 8.71. The lowest BCUT2D eigenvalue weighted by Gasteiger charge is -2.49. The van der Waals surface area contributed by atoms with Gasteiger partial charge in [0.1, 0.15) is 11.6 Å².